The van der Waals surface area contributed by atoms with Crippen LogP contribution in [0.1, 0.15) is 19.3 Å². The minimum absolute atomic E-state index is 0.0500. The van der Waals surface area contributed by atoms with Gasteiger partial charge in [-0.25, -0.2) is 0 Å². The van der Waals surface area contributed by atoms with Gasteiger partial charge in [0.05, 0.1) is 7.11 Å². The molecule has 0 radical (unpaired) electrons. The third kappa shape index (κ3) is 2.89. The van der Waals surface area contributed by atoms with E-state index in [1.54, 1.807) is 12.1 Å². The first kappa shape index (κ1) is 18.0. The van der Waals surface area contributed by atoms with Gasteiger partial charge in [0.2, 0.25) is 16.9 Å². The first-order chi connectivity index (χ1) is 13.5. The van der Waals surface area contributed by atoms with Crippen LogP contribution in [0, 0.1) is 0 Å². The third-order valence-corrected chi connectivity index (χ3v) is 5.11. The number of piperidine rings is 1. The molecule has 0 aliphatic carbocycles. The van der Waals surface area contributed by atoms with Crippen molar-refractivity contribution >= 4 is 16.7 Å². The quantitative estimate of drug-likeness (QED) is 0.635. The van der Waals surface area contributed by atoms with Gasteiger partial charge in [-0.15, -0.1) is 0 Å². The van der Waals surface area contributed by atoms with Crippen LogP contribution in [0.15, 0.2) is 39.5 Å². The third-order valence-electron chi connectivity index (χ3n) is 5.11. The molecule has 1 aromatic heterocycles. The summed E-state index contributed by atoms with van der Waals surface area (Å²) in [4.78, 5) is 14.9. The Hall–Kier alpha value is -3.35. The smallest absolute Gasteiger partial charge is 0.238 e. The molecule has 4 rings (SSSR count). The number of rotatable bonds is 3. The van der Waals surface area contributed by atoms with Crippen molar-refractivity contribution in [1.82, 2.24) is 0 Å². The highest BCUT2D eigenvalue weighted by molar-refractivity contribution is 5.93. The number of ether oxygens (including phenoxy) is 1. The molecule has 1 fully saturated rings. The van der Waals surface area contributed by atoms with Gasteiger partial charge in [-0.1, -0.05) is 0 Å². The predicted molar refractivity (Wildman–Crippen MR) is 106 cm³/mol. The van der Waals surface area contributed by atoms with E-state index >= 15 is 0 Å². The molecule has 3 N–H and O–H groups in total. The first-order valence-electron chi connectivity index (χ1n) is 9.15. The summed E-state index contributed by atoms with van der Waals surface area (Å²) < 4.78 is 10.8. The molecule has 2 aromatic carbocycles. The first-order valence-corrected chi connectivity index (χ1v) is 9.15. The molecular formula is C21H21NO6. The van der Waals surface area contributed by atoms with Gasteiger partial charge in [0.25, 0.3) is 0 Å². The van der Waals surface area contributed by atoms with Crippen LogP contribution in [0.4, 0.5) is 5.69 Å². The van der Waals surface area contributed by atoms with Crippen LogP contribution in [0.25, 0.3) is 22.3 Å². The van der Waals surface area contributed by atoms with Crippen LogP contribution in [-0.2, 0) is 0 Å². The summed E-state index contributed by atoms with van der Waals surface area (Å²) in [7, 11) is 1.31. The maximum Gasteiger partial charge on any atom is 0.238 e. The van der Waals surface area contributed by atoms with Crippen LogP contribution >= 0.6 is 0 Å². The fourth-order valence-electron chi connectivity index (χ4n) is 3.67. The van der Waals surface area contributed by atoms with Gasteiger partial charge >= 0.3 is 0 Å². The number of phenols is 2. The molecule has 7 heteroatoms. The van der Waals surface area contributed by atoms with E-state index in [1.807, 2.05) is 12.1 Å². The van der Waals surface area contributed by atoms with Crippen LogP contribution in [-0.4, -0.2) is 35.5 Å². The fourth-order valence-corrected chi connectivity index (χ4v) is 3.67. The predicted octanol–water partition coefficient (Wildman–Crippen LogP) is 3.58. The molecular weight excluding hydrogens is 362 g/mol. The zero-order valence-electron chi connectivity index (χ0n) is 15.4. The molecule has 0 amide bonds. The van der Waals surface area contributed by atoms with Crippen LogP contribution in [0.3, 0.4) is 0 Å². The van der Waals surface area contributed by atoms with Gasteiger partial charge in [0.15, 0.2) is 17.1 Å². The number of nitrogens with zero attached hydrogens (tertiary/aromatic N) is 1. The minimum atomic E-state index is -0.799. The Kier molecular flexibility index (Phi) is 4.50. The van der Waals surface area contributed by atoms with E-state index in [2.05, 4.69) is 4.90 Å². The molecule has 0 atom stereocenters. The molecule has 1 saturated heterocycles. The molecule has 1 aliphatic heterocycles. The van der Waals surface area contributed by atoms with Crippen molar-refractivity contribution < 1.29 is 24.5 Å². The lowest BCUT2D eigenvalue weighted by Crippen LogP contribution is -2.29. The van der Waals surface area contributed by atoms with Gasteiger partial charge in [-0.05, 0) is 43.5 Å². The number of methoxy groups -OCH3 is 1. The highest BCUT2D eigenvalue weighted by atomic mass is 16.5. The van der Waals surface area contributed by atoms with Gasteiger partial charge < -0.3 is 29.4 Å². The van der Waals surface area contributed by atoms with Crippen molar-refractivity contribution in [2.24, 2.45) is 0 Å². The van der Waals surface area contributed by atoms with E-state index in [0.29, 0.717) is 5.56 Å². The summed E-state index contributed by atoms with van der Waals surface area (Å²) in [5, 5.41) is 30.1. The summed E-state index contributed by atoms with van der Waals surface area (Å²) in [6.07, 6.45) is 3.57. The summed E-state index contributed by atoms with van der Waals surface area (Å²) in [5.41, 5.74) is 0.645. The molecule has 0 saturated carbocycles. The highest BCUT2D eigenvalue weighted by Gasteiger charge is 2.23. The highest BCUT2D eigenvalue weighted by Crippen LogP contribution is 2.42. The maximum atomic E-state index is 12.6. The number of hydrogen-bond acceptors (Lipinski definition) is 7. The van der Waals surface area contributed by atoms with Crippen molar-refractivity contribution in [3.8, 4) is 34.3 Å². The van der Waals surface area contributed by atoms with E-state index < -0.39 is 16.9 Å². The summed E-state index contributed by atoms with van der Waals surface area (Å²) >= 11 is 0. The lowest BCUT2D eigenvalue weighted by atomic mass is 10.1. The fraction of sp³-hybridized carbons (Fsp3) is 0.286. The largest absolute Gasteiger partial charge is 0.507 e. The molecule has 3 aromatic rings. The Labute approximate surface area is 161 Å². The molecule has 2 heterocycles. The molecule has 0 spiro atoms. The normalized spacial score (nSPS) is 14.4. The van der Waals surface area contributed by atoms with Gasteiger partial charge in [0, 0.05) is 30.4 Å². The second-order valence-corrected chi connectivity index (χ2v) is 6.86. The van der Waals surface area contributed by atoms with Gasteiger partial charge in [0.1, 0.15) is 11.1 Å². The number of hydrogen-bond donors (Lipinski definition) is 3. The van der Waals surface area contributed by atoms with Crippen LogP contribution in [0.5, 0.6) is 23.0 Å². The Bertz CT molecular complexity index is 1080. The average Bonchev–Trinajstić information content (AvgIpc) is 2.71. The zero-order chi connectivity index (χ0) is 19.8. The van der Waals surface area contributed by atoms with Crippen molar-refractivity contribution in [3.05, 3.63) is 40.6 Å². The van der Waals surface area contributed by atoms with Gasteiger partial charge in [-0.3, -0.25) is 4.79 Å². The Morgan fingerprint density at radius 1 is 1.00 bits per heavy atom. The summed E-state index contributed by atoms with van der Waals surface area (Å²) in [5.74, 6) is -1.61. The SMILES string of the molecule is COc1c(O)cc(O)c2c(=O)c(O)c(-c3ccc(N4CCCCC4)cc3)oc12. The second-order valence-electron chi connectivity index (χ2n) is 6.86. The Morgan fingerprint density at radius 2 is 1.68 bits per heavy atom. The maximum absolute atomic E-state index is 12.6. The number of fused-ring (bicyclic) bond motifs is 1. The topological polar surface area (TPSA) is 103 Å². The number of aromatic hydroxyl groups is 3. The molecule has 28 heavy (non-hydrogen) atoms. The molecule has 0 bridgehead atoms. The van der Waals surface area contributed by atoms with E-state index in [1.165, 1.54) is 13.5 Å². The van der Waals surface area contributed by atoms with Crippen molar-refractivity contribution in [2.75, 3.05) is 25.1 Å². The number of benzene rings is 2. The van der Waals surface area contributed by atoms with Gasteiger partial charge in [-0.2, -0.15) is 0 Å². The molecule has 7 nitrogen and oxygen atoms in total. The Balaban J connectivity index is 1.84. The van der Waals surface area contributed by atoms with Crippen LogP contribution < -0.4 is 15.1 Å². The second kappa shape index (κ2) is 6.99. The van der Waals surface area contributed by atoms with Crippen molar-refractivity contribution in [3.63, 3.8) is 0 Å². The minimum Gasteiger partial charge on any atom is -0.507 e. The zero-order valence-corrected chi connectivity index (χ0v) is 15.4. The standard InChI is InChI=1S/C21H21NO6/c1-27-20-15(24)11-14(23)16-17(25)18(26)19(28-21(16)20)12-5-7-13(8-6-12)22-9-3-2-4-10-22/h5-8,11,23-24,26H,2-4,9-10H2,1H3. The lowest BCUT2D eigenvalue weighted by molar-refractivity contribution is 0.365. The molecule has 1 aliphatic rings. The van der Waals surface area contributed by atoms with Crippen molar-refractivity contribution in [1.29, 1.82) is 0 Å². The molecule has 0 unspecified atom stereocenters. The van der Waals surface area contributed by atoms with E-state index in [4.69, 9.17) is 9.15 Å². The van der Waals surface area contributed by atoms with E-state index in [9.17, 15) is 20.1 Å². The van der Waals surface area contributed by atoms with E-state index in [0.717, 1.165) is 37.7 Å². The summed E-state index contributed by atoms with van der Waals surface area (Å²) in [6.45, 7) is 2.01. The van der Waals surface area contributed by atoms with Crippen molar-refractivity contribution in [2.45, 2.75) is 19.3 Å². The monoisotopic (exact) mass is 383 g/mol. The Morgan fingerprint density at radius 3 is 2.32 bits per heavy atom. The van der Waals surface area contributed by atoms with E-state index in [-0.39, 0.29) is 28.2 Å². The molecule has 146 valence electrons. The number of anilines is 1. The van der Waals surface area contributed by atoms with Crippen LogP contribution in [0.2, 0.25) is 0 Å². The average molecular weight is 383 g/mol. The lowest BCUT2D eigenvalue weighted by Gasteiger charge is -2.28. The summed E-state index contributed by atoms with van der Waals surface area (Å²) in [6, 6.07) is 8.35. The number of phenolic OH excluding ortho intramolecular Hbond substituents is 2.